The van der Waals surface area contributed by atoms with E-state index in [4.69, 9.17) is 11.6 Å². The van der Waals surface area contributed by atoms with Gasteiger partial charge in [-0.05, 0) is 37.1 Å². The van der Waals surface area contributed by atoms with Gasteiger partial charge in [0.05, 0.1) is 5.41 Å². The van der Waals surface area contributed by atoms with E-state index in [-0.39, 0.29) is 18.1 Å². The molecule has 2 aromatic carbocycles. The largest absolute Gasteiger partial charge is 0.325 e. The Kier molecular flexibility index (Phi) is 3.02. The van der Waals surface area contributed by atoms with E-state index in [0.29, 0.717) is 16.3 Å². The molecule has 1 heterocycles. The minimum atomic E-state index is -0.851. The van der Waals surface area contributed by atoms with E-state index in [0.717, 1.165) is 5.56 Å². The monoisotopic (exact) mass is 289 g/mol. The zero-order valence-corrected chi connectivity index (χ0v) is 11.7. The van der Waals surface area contributed by atoms with Crippen LogP contribution in [0.4, 0.5) is 10.1 Å². The molecule has 1 atom stereocenters. The summed E-state index contributed by atoms with van der Waals surface area (Å²) in [5.41, 5.74) is 1.12. The molecule has 20 heavy (non-hydrogen) atoms. The van der Waals surface area contributed by atoms with Crippen molar-refractivity contribution in [2.75, 3.05) is 5.32 Å². The van der Waals surface area contributed by atoms with Crippen LogP contribution in [0.15, 0.2) is 42.5 Å². The van der Waals surface area contributed by atoms with Gasteiger partial charge in [-0.25, -0.2) is 4.39 Å². The van der Waals surface area contributed by atoms with Crippen molar-refractivity contribution < 1.29 is 9.18 Å². The van der Waals surface area contributed by atoms with Crippen LogP contribution in [0.3, 0.4) is 0 Å². The van der Waals surface area contributed by atoms with Crippen molar-refractivity contribution in [3.63, 3.8) is 0 Å². The lowest BCUT2D eigenvalue weighted by Crippen LogP contribution is -2.33. The van der Waals surface area contributed by atoms with Crippen molar-refractivity contribution in [1.29, 1.82) is 0 Å². The molecule has 3 rings (SSSR count). The molecule has 102 valence electrons. The normalized spacial score (nSPS) is 20.6. The summed E-state index contributed by atoms with van der Waals surface area (Å²) in [5, 5.41) is 3.35. The van der Waals surface area contributed by atoms with Crippen LogP contribution < -0.4 is 5.32 Å². The Morgan fingerprint density at radius 2 is 1.95 bits per heavy atom. The van der Waals surface area contributed by atoms with E-state index < -0.39 is 5.41 Å². The zero-order chi connectivity index (χ0) is 14.3. The van der Waals surface area contributed by atoms with Gasteiger partial charge in [0.1, 0.15) is 5.82 Å². The highest BCUT2D eigenvalue weighted by Crippen LogP contribution is 2.44. The van der Waals surface area contributed by atoms with Crippen LogP contribution in [-0.4, -0.2) is 5.91 Å². The lowest BCUT2D eigenvalue weighted by molar-refractivity contribution is -0.120. The maximum Gasteiger partial charge on any atom is 0.235 e. The van der Waals surface area contributed by atoms with Crippen molar-refractivity contribution in [3.05, 3.63) is 64.4 Å². The van der Waals surface area contributed by atoms with Crippen molar-refractivity contribution in [2.24, 2.45) is 0 Å². The second-order valence-electron chi connectivity index (χ2n) is 5.22. The Bertz CT molecular complexity index is 701. The molecular weight excluding hydrogens is 277 g/mol. The predicted octanol–water partition coefficient (Wildman–Crippen LogP) is 3.93. The molecule has 0 aliphatic carbocycles. The van der Waals surface area contributed by atoms with E-state index in [1.807, 2.05) is 6.07 Å². The molecule has 1 unspecified atom stereocenters. The first kappa shape index (κ1) is 13.1. The highest BCUT2D eigenvalue weighted by atomic mass is 35.5. The minimum absolute atomic E-state index is 0.149. The smallest absolute Gasteiger partial charge is 0.235 e. The molecule has 0 aromatic heterocycles. The summed E-state index contributed by atoms with van der Waals surface area (Å²) in [6.45, 7) is 1.80. The second-order valence-corrected chi connectivity index (χ2v) is 5.62. The van der Waals surface area contributed by atoms with Gasteiger partial charge in [0.15, 0.2) is 0 Å². The number of hydrogen-bond acceptors (Lipinski definition) is 1. The molecule has 0 spiro atoms. The van der Waals surface area contributed by atoms with Crippen LogP contribution in [0, 0.1) is 5.82 Å². The van der Waals surface area contributed by atoms with Crippen LogP contribution in [0.25, 0.3) is 0 Å². The minimum Gasteiger partial charge on any atom is -0.325 e. The Hall–Kier alpha value is -1.87. The number of anilines is 1. The number of carbonyl (C=O) groups excluding carboxylic acids is 1. The summed E-state index contributed by atoms with van der Waals surface area (Å²) in [7, 11) is 0. The van der Waals surface area contributed by atoms with E-state index in [1.165, 1.54) is 6.07 Å². The summed E-state index contributed by atoms with van der Waals surface area (Å²) in [5.74, 6) is -0.453. The fourth-order valence-electron chi connectivity index (χ4n) is 2.75. The number of nitrogens with one attached hydrogen (secondary N) is 1. The molecule has 1 amide bonds. The average molecular weight is 290 g/mol. The first-order valence-electron chi connectivity index (χ1n) is 6.36. The van der Waals surface area contributed by atoms with Crippen LogP contribution in [-0.2, 0) is 16.6 Å². The fourth-order valence-corrected chi connectivity index (χ4v) is 3.14. The summed E-state index contributed by atoms with van der Waals surface area (Å²) in [6, 6.07) is 11.9. The third-order valence-corrected chi connectivity index (χ3v) is 4.13. The molecule has 2 nitrogen and oxygen atoms in total. The molecular formula is C16H13ClFNO. The lowest BCUT2D eigenvalue weighted by atomic mass is 9.78. The number of amides is 1. The molecule has 0 bridgehead atoms. The number of hydrogen-bond donors (Lipinski definition) is 1. The van der Waals surface area contributed by atoms with Crippen molar-refractivity contribution in [2.45, 2.75) is 18.8 Å². The van der Waals surface area contributed by atoms with E-state index >= 15 is 0 Å². The summed E-state index contributed by atoms with van der Waals surface area (Å²) in [6.07, 6.45) is 0.280. The summed E-state index contributed by atoms with van der Waals surface area (Å²) < 4.78 is 13.9. The molecule has 1 aliphatic heterocycles. The summed E-state index contributed by atoms with van der Waals surface area (Å²) >= 11 is 6.24. The number of halogens is 2. The number of fused-ring (bicyclic) bond motifs is 1. The molecule has 2 aromatic rings. The Morgan fingerprint density at radius 3 is 2.70 bits per heavy atom. The quantitative estimate of drug-likeness (QED) is 0.892. The maximum atomic E-state index is 13.9. The van der Waals surface area contributed by atoms with Gasteiger partial charge in [0.25, 0.3) is 0 Å². The fraction of sp³-hybridized carbons (Fsp3) is 0.188. The van der Waals surface area contributed by atoms with Gasteiger partial charge in [-0.15, -0.1) is 0 Å². The third-order valence-electron chi connectivity index (χ3n) is 3.82. The van der Waals surface area contributed by atoms with Crippen LogP contribution in [0.2, 0.25) is 5.02 Å². The van der Waals surface area contributed by atoms with E-state index in [2.05, 4.69) is 5.32 Å². The van der Waals surface area contributed by atoms with Gasteiger partial charge in [-0.2, -0.15) is 0 Å². The predicted molar refractivity (Wildman–Crippen MR) is 77.5 cm³/mol. The van der Waals surface area contributed by atoms with Crippen LogP contribution >= 0.6 is 11.6 Å². The van der Waals surface area contributed by atoms with E-state index in [1.54, 1.807) is 37.3 Å². The molecule has 0 saturated heterocycles. The zero-order valence-electron chi connectivity index (χ0n) is 10.9. The number of carbonyl (C=O) groups is 1. The Balaban J connectivity index is 2.09. The highest BCUT2D eigenvalue weighted by molar-refractivity contribution is 6.33. The van der Waals surface area contributed by atoms with Gasteiger partial charge < -0.3 is 5.32 Å². The SMILES string of the molecule is CC1(Cc2ccccc2F)C(=O)Nc2cccc(Cl)c21. The van der Waals surface area contributed by atoms with Crippen LogP contribution in [0.1, 0.15) is 18.1 Å². The number of benzene rings is 2. The molecule has 1 aliphatic rings. The molecule has 1 N–H and O–H groups in total. The number of rotatable bonds is 2. The topological polar surface area (TPSA) is 29.1 Å². The summed E-state index contributed by atoms with van der Waals surface area (Å²) in [4.78, 5) is 12.3. The van der Waals surface area contributed by atoms with Gasteiger partial charge in [-0.3, -0.25) is 4.79 Å². The Labute approximate surface area is 121 Å². The average Bonchev–Trinajstić information content (AvgIpc) is 2.66. The molecule has 0 saturated carbocycles. The van der Waals surface area contributed by atoms with Gasteiger partial charge in [-0.1, -0.05) is 35.9 Å². The van der Waals surface area contributed by atoms with Gasteiger partial charge >= 0.3 is 0 Å². The molecule has 0 radical (unpaired) electrons. The lowest BCUT2D eigenvalue weighted by Gasteiger charge is -2.23. The first-order chi connectivity index (χ1) is 9.52. The first-order valence-corrected chi connectivity index (χ1v) is 6.74. The third kappa shape index (κ3) is 1.90. The Morgan fingerprint density at radius 1 is 1.20 bits per heavy atom. The van der Waals surface area contributed by atoms with Gasteiger partial charge in [0.2, 0.25) is 5.91 Å². The van der Waals surface area contributed by atoms with Crippen molar-refractivity contribution >= 4 is 23.2 Å². The molecule has 4 heteroatoms. The van der Waals surface area contributed by atoms with Crippen LogP contribution in [0.5, 0.6) is 0 Å². The van der Waals surface area contributed by atoms with Crippen molar-refractivity contribution in [3.8, 4) is 0 Å². The van der Waals surface area contributed by atoms with Crippen molar-refractivity contribution in [1.82, 2.24) is 0 Å². The molecule has 0 fully saturated rings. The maximum absolute atomic E-state index is 13.9. The van der Waals surface area contributed by atoms with E-state index in [9.17, 15) is 9.18 Å². The highest BCUT2D eigenvalue weighted by Gasteiger charge is 2.44. The van der Waals surface area contributed by atoms with Gasteiger partial charge in [0, 0.05) is 16.3 Å². The second kappa shape index (κ2) is 4.60. The standard InChI is InChI=1S/C16H13ClFNO/c1-16(9-10-5-2-3-7-12(10)18)14-11(17)6-4-8-13(14)19-15(16)20/h2-8H,9H2,1H3,(H,19,20).